The molecule has 7 heteroatoms. The standard InChI is InChI=1S/C17H20N2O4S/c18-14(20)13-9-2-1-3-10(9)24-16(13)19-15(21)11-7-4-5-8(6-7)12(11)17(22)23/h7-8,11-12H,1-6H2,(H2,18,20)(H,19,21)(H,22,23)/t7-,8-,11-,12-/m0/s1. The molecule has 1 heterocycles. The number of carboxylic acid groups (broad SMARTS) is 1. The van der Waals surface area contributed by atoms with Crippen molar-refractivity contribution in [3.8, 4) is 0 Å². The molecule has 2 saturated carbocycles. The Bertz CT molecular complexity index is 741. The first-order valence-corrected chi connectivity index (χ1v) is 9.27. The van der Waals surface area contributed by atoms with Gasteiger partial charge >= 0.3 is 5.97 Å². The van der Waals surface area contributed by atoms with Crippen molar-refractivity contribution in [2.24, 2.45) is 29.4 Å². The Kier molecular flexibility index (Phi) is 3.63. The number of hydrogen-bond acceptors (Lipinski definition) is 4. The molecule has 128 valence electrons. The van der Waals surface area contributed by atoms with Crippen LogP contribution in [-0.2, 0) is 22.4 Å². The maximum atomic E-state index is 12.8. The molecule has 2 bridgehead atoms. The number of carbonyl (C=O) groups is 3. The van der Waals surface area contributed by atoms with Gasteiger partial charge in [-0.05, 0) is 55.9 Å². The van der Waals surface area contributed by atoms with Crippen LogP contribution in [0.25, 0.3) is 0 Å². The van der Waals surface area contributed by atoms with Crippen LogP contribution in [0, 0.1) is 23.7 Å². The summed E-state index contributed by atoms with van der Waals surface area (Å²) in [5.74, 6) is -2.53. The molecule has 2 amide bonds. The molecule has 1 aromatic rings. The summed E-state index contributed by atoms with van der Waals surface area (Å²) in [5, 5.41) is 12.9. The van der Waals surface area contributed by atoms with Gasteiger partial charge in [0.25, 0.3) is 5.91 Å². The first kappa shape index (κ1) is 15.6. The smallest absolute Gasteiger partial charge is 0.307 e. The number of amides is 2. The highest BCUT2D eigenvalue weighted by atomic mass is 32.1. The molecule has 3 aliphatic carbocycles. The molecule has 0 unspecified atom stereocenters. The molecule has 3 aliphatic rings. The van der Waals surface area contributed by atoms with Crippen LogP contribution in [0.4, 0.5) is 5.00 Å². The van der Waals surface area contributed by atoms with Crippen molar-refractivity contribution in [2.75, 3.05) is 5.32 Å². The van der Waals surface area contributed by atoms with Crippen LogP contribution >= 0.6 is 11.3 Å². The molecule has 4 atom stereocenters. The predicted octanol–water partition coefficient (Wildman–Crippen LogP) is 2.02. The number of anilines is 1. The first-order chi connectivity index (χ1) is 11.5. The van der Waals surface area contributed by atoms with Crippen molar-refractivity contribution in [2.45, 2.75) is 38.5 Å². The van der Waals surface area contributed by atoms with Gasteiger partial charge in [-0.2, -0.15) is 0 Å². The van der Waals surface area contributed by atoms with Crippen LogP contribution in [0.1, 0.15) is 46.5 Å². The molecule has 0 saturated heterocycles. The molecule has 1 aromatic heterocycles. The molecule has 24 heavy (non-hydrogen) atoms. The van der Waals surface area contributed by atoms with Crippen LogP contribution in [0.5, 0.6) is 0 Å². The Labute approximate surface area is 143 Å². The number of thiophene rings is 1. The van der Waals surface area contributed by atoms with Gasteiger partial charge in [0.15, 0.2) is 0 Å². The van der Waals surface area contributed by atoms with E-state index in [1.165, 1.54) is 11.3 Å². The minimum absolute atomic E-state index is 0.104. The van der Waals surface area contributed by atoms with Crippen molar-refractivity contribution >= 4 is 34.1 Å². The fraction of sp³-hybridized carbons (Fsp3) is 0.588. The minimum Gasteiger partial charge on any atom is -0.481 e. The molecule has 0 aromatic carbocycles. The number of nitrogens with one attached hydrogen (secondary N) is 1. The number of carbonyl (C=O) groups excluding carboxylic acids is 2. The molecule has 0 aliphatic heterocycles. The van der Waals surface area contributed by atoms with Gasteiger partial charge in [-0.3, -0.25) is 14.4 Å². The monoisotopic (exact) mass is 348 g/mol. The summed E-state index contributed by atoms with van der Waals surface area (Å²) < 4.78 is 0. The van der Waals surface area contributed by atoms with Crippen molar-refractivity contribution in [1.82, 2.24) is 0 Å². The van der Waals surface area contributed by atoms with Gasteiger partial charge in [-0.25, -0.2) is 0 Å². The number of fused-ring (bicyclic) bond motifs is 3. The summed E-state index contributed by atoms with van der Waals surface area (Å²) in [7, 11) is 0. The number of carboxylic acids is 1. The Morgan fingerprint density at radius 1 is 1.12 bits per heavy atom. The van der Waals surface area contributed by atoms with Gasteiger partial charge < -0.3 is 16.2 Å². The molecular weight excluding hydrogens is 328 g/mol. The summed E-state index contributed by atoms with van der Waals surface area (Å²) in [6.07, 6.45) is 5.34. The third kappa shape index (κ3) is 2.25. The Morgan fingerprint density at radius 3 is 2.50 bits per heavy atom. The van der Waals surface area contributed by atoms with Gasteiger partial charge in [0, 0.05) is 4.88 Å². The third-order valence-corrected chi connectivity index (χ3v) is 7.12. The summed E-state index contributed by atoms with van der Waals surface area (Å²) in [4.78, 5) is 37.3. The summed E-state index contributed by atoms with van der Waals surface area (Å²) >= 11 is 1.41. The van der Waals surface area contributed by atoms with Crippen molar-refractivity contribution in [1.29, 1.82) is 0 Å². The fourth-order valence-corrected chi connectivity index (χ4v) is 6.27. The topological polar surface area (TPSA) is 109 Å². The van der Waals surface area contributed by atoms with Crippen LogP contribution in [0.2, 0.25) is 0 Å². The first-order valence-electron chi connectivity index (χ1n) is 8.45. The van der Waals surface area contributed by atoms with E-state index in [2.05, 4.69) is 5.32 Å². The summed E-state index contributed by atoms with van der Waals surface area (Å²) in [5.41, 5.74) is 6.91. The normalized spacial score (nSPS) is 30.3. The second kappa shape index (κ2) is 5.58. The van der Waals surface area contributed by atoms with Crippen molar-refractivity contribution in [3.63, 3.8) is 0 Å². The van der Waals surface area contributed by atoms with E-state index in [9.17, 15) is 19.5 Å². The summed E-state index contributed by atoms with van der Waals surface area (Å²) in [6, 6.07) is 0. The number of aryl methyl sites for hydroxylation is 1. The van der Waals surface area contributed by atoms with E-state index in [1.54, 1.807) is 0 Å². The van der Waals surface area contributed by atoms with Gasteiger partial charge in [-0.15, -0.1) is 11.3 Å². The largest absolute Gasteiger partial charge is 0.481 e. The Balaban J connectivity index is 1.61. The lowest BCUT2D eigenvalue weighted by molar-refractivity contribution is -0.148. The zero-order chi connectivity index (χ0) is 17.0. The average molecular weight is 348 g/mol. The number of hydrogen-bond donors (Lipinski definition) is 3. The fourth-order valence-electron chi connectivity index (χ4n) is 4.97. The van der Waals surface area contributed by atoms with Crippen LogP contribution in [0.3, 0.4) is 0 Å². The maximum Gasteiger partial charge on any atom is 0.307 e. The second-order valence-corrected chi connectivity index (χ2v) is 8.24. The highest BCUT2D eigenvalue weighted by Crippen LogP contribution is 2.53. The zero-order valence-corrected chi connectivity index (χ0v) is 14.0. The number of primary amides is 1. The molecule has 4 N–H and O–H groups in total. The SMILES string of the molecule is NC(=O)c1c(NC(=O)[C@H]2[C@H]3CC[C@@H](C3)[C@@H]2C(=O)O)sc2c1CCC2. The van der Waals surface area contributed by atoms with Gasteiger partial charge in [0.2, 0.25) is 5.91 Å². The highest BCUT2D eigenvalue weighted by molar-refractivity contribution is 7.17. The molecule has 0 spiro atoms. The number of rotatable bonds is 4. The van der Waals surface area contributed by atoms with Crippen LogP contribution in [0.15, 0.2) is 0 Å². The van der Waals surface area contributed by atoms with E-state index in [0.717, 1.165) is 49.0 Å². The van der Waals surface area contributed by atoms with E-state index >= 15 is 0 Å². The average Bonchev–Trinajstić information content (AvgIpc) is 3.24. The lowest BCUT2D eigenvalue weighted by Gasteiger charge is -2.26. The predicted molar refractivity (Wildman–Crippen MR) is 88.9 cm³/mol. The van der Waals surface area contributed by atoms with Gasteiger partial charge in [-0.1, -0.05) is 0 Å². The zero-order valence-electron chi connectivity index (χ0n) is 13.2. The van der Waals surface area contributed by atoms with Gasteiger partial charge in [0.05, 0.1) is 17.4 Å². The van der Waals surface area contributed by atoms with Crippen molar-refractivity contribution < 1.29 is 19.5 Å². The quantitative estimate of drug-likeness (QED) is 0.773. The Hall–Kier alpha value is -1.89. The van der Waals surface area contributed by atoms with Crippen LogP contribution in [-0.4, -0.2) is 22.9 Å². The number of aliphatic carboxylic acids is 1. The molecule has 2 fully saturated rings. The van der Waals surface area contributed by atoms with Crippen LogP contribution < -0.4 is 11.1 Å². The molecule has 6 nitrogen and oxygen atoms in total. The molecule has 4 rings (SSSR count). The van der Waals surface area contributed by atoms with E-state index in [-0.39, 0.29) is 17.7 Å². The van der Waals surface area contributed by atoms with Gasteiger partial charge in [0.1, 0.15) is 5.00 Å². The maximum absolute atomic E-state index is 12.8. The molecular formula is C17H20N2O4S. The second-order valence-electron chi connectivity index (χ2n) is 7.14. The van der Waals surface area contributed by atoms with E-state index < -0.39 is 23.7 Å². The lowest BCUT2D eigenvalue weighted by atomic mass is 9.79. The highest BCUT2D eigenvalue weighted by Gasteiger charge is 2.54. The molecule has 0 radical (unpaired) electrons. The minimum atomic E-state index is -0.883. The van der Waals surface area contributed by atoms with E-state index in [1.807, 2.05) is 0 Å². The van der Waals surface area contributed by atoms with E-state index in [0.29, 0.717) is 10.6 Å². The number of nitrogens with two attached hydrogens (primary N) is 1. The summed E-state index contributed by atoms with van der Waals surface area (Å²) in [6.45, 7) is 0. The van der Waals surface area contributed by atoms with E-state index in [4.69, 9.17) is 5.73 Å². The lowest BCUT2D eigenvalue weighted by Crippen LogP contribution is -2.38. The Morgan fingerprint density at radius 2 is 1.83 bits per heavy atom. The van der Waals surface area contributed by atoms with Crippen molar-refractivity contribution in [3.05, 3.63) is 16.0 Å². The third-order valence-electron chi connectivity index (χ3n) is 5.91.